The van der Waals surface area contributed by atoms with E-state index in [1.807, 2.05) is 18.3 Å². The monoisotopic (exact) mass is 244 g/mol. The fourth-order valence-electron chi connectivity index (χ4n) is 1.70. The van der Waals surface area contributed by atoms with Crippen molar-refractivity contribution in [1.29, 1.82) is 0 Å². The Labute approximate surface area is 107 Å². The number of nitrogens with one attached hydrogen (secondary N) is 1. The van der Waals surface area contributed by atoms with E-state index in [1.54, 1.807) is 12.1 Å². The number of aromatic nitrogens is 1. The molecule has 0 aliphatic rings. The molecule has 2 nitrogen and oxygen atoms in total. The Morgan fingerprint density at radius 2 is 1.89 bits per heavy atom. The number of hydrogen-bond acceptors (Lipinski definition) is 2. The number of nitrogens with zero attached hydrogens (tertiary/aromatic N) is 1. The molecule has 0 saturated carbocycles. The van der Waals surface area contributed by atoms with Gasteiger partial charge in [-0.25, -0.2) is 9.37 Å². The second kappa shape index (κ2) is 5.63. The van der Waals surface area contributed by atoms with Gasteiger partial charge in [-0.2, -0.15) is 0 Å². The highest BCUT2D eigenvalue weighted by Gasteiger charge is 2.01. The van der Waals surface area contributed by atoms with E-state index >= 15 is 0 Å². The zero-order valence-electron chi connectivity index (χ0n) is 10.7. The molecule has 1 aromatic heterocycles. The van der Waals surface area contributed by atoms with Crippen molar-refractivity contribution in [2.45, 2.75) is 26.3 Å². The topological polar surface area (TPSA) is 24.9 Å². The summed E-state index contributed by atoms with van der Waals surface area (Å²) in [5.41, 5.74) is 2.29. The van der Waals surface area contributed by atoms with Crippen LogP contribution in [0.4, 0.5) is 10.2 Å². The van der Waals surface area contributed by atoms with Crippen molar-refractivity contribution in [3.8, 4) is 0 Å². The first-order valence-electron chi connectivity index (χ1n) is 6.09. The zero-order valence-corrected chi connectivity index (χ0v) is 10.7. The maximum absolute atomic E-state index is 12.8. The fourth-order valence-corrected chi connectivity index (χ4v) is 1.70. The van der Waals surface area contributed by atoms with Crippen molar-refractivity contribution in [3.05, 3.63) is 59.5 Å². The van der Waals surface area contributed by atoms with Gasteiger partial charge in [0, 0.05) is 12.7 Å². The van der Waals surface area contributed by atoms with E-state index in [0.717, 1.165) is 11.4 Å². The molecule has 94 valence electrons. The molecule has 0 aliphatic heterocycles. The molecule has 1 heterocycles. The third-order valence-electron chi connectivity index (χ3n) is 2.84. The van der Waals surface area contributed by atoms with Gasteiger partial charge in [-0.1, -0.05) is 26.0 Å². The fraction of sp³-hybridized carbons (Fsp3) is 0.267. The first-order chi connectivity index (χ1) is 8.65. The predicted octanol–water partition coefficient (Wildman–Crippen LogP) is 3.96. The first kappa shape index (κ1) is 12.6. The smallest absolute Gasteiger partial charge is 0.126 e. The Balaban J connectivity index is 2.01. The van der Waals surface area contributed by atoms with E-state index in [9.17, 15) is 4.39 Å². The van der Waals surface area contributed by atoms with Crippen LogP contribution in [0.1, 0.15) is 30.9 Å². The van der Waals surface area contributed by atoms with E-state index in [-0.39, 0.29) is 5.82 Å². The van der Waals surface area contributed by atoms with Gasteiger partial charge in [-0.05, 0) is 41.3 Å². The van der Waals surface area contributed by atoms with E-state index in [1.165, 1.54) is 17.7 Å². The quantitative estimate of drug-likeness (QED) is 0.880. The van der Waals surface area contributed by atoms with Crippen LogP contribution < -0.4 is 5.32 Å². The minimum Gasteiger partial charge on any atom is -0.366 e. The Hall–Kier alpha value is -1.90. The Morgan fingerprint density at radius 3 is 2.56 bits per heavy atom. The van der Waals surface area contributed by atoms with Gasteiger partial charge >= 0.3 is 0 Å². The average Bonchev–Trinajstić information content (AvgIpc) is 2.38. The number of halogens is 1. The maximum atomic E-state index is 12.8. The highest BCUT2D eigenvalue weighted by Crippen LogP contribution is 2.16. The molecule has 0 amide bonds. The van der Waals surface area contributed by atoms with Crippen LogP contribution in [0.2, 0.25) is 0 Å². The molecule has 0 fully saturated rings. The standard InChI is InChI=1S/C15H17FN2/c1-11(2)13-7-8-17-15(9-13)18-10-12-3-5-14(16)6-4-12/h3-9,11H,10H2,1-2H3,(H,17,18). The van der Waals surface area contributed by atoms with Gasteiger partial charge in [-0.15, -0.1) is 0 Å². The van der Waals surface area contributed by atoms with Gasteiger partial charge in [0.15, 0.2) is 0 Å². The van der Waals surface area contributed by atoms with Crippen LogP contribution in [-0.2, 0) is 6.54 Å². The molecule has 0 spiro atoms. The van der Waals surface area contributed by atoms with E-state index in [4.69, 9.17) is 0 Å². The summed E-state index contributed by atoms with van der Waals surface area (Å²) in [5, 5.41) is 3.24. The highest BCUT2D eigenvalue weighted by atomic mass is 19.1. The third-order valence-corrected chi connectivity index (χ3v) is 2.84. The summed E-state index contributed by atoms with van der Waals surface area (Å²) in [6, 6.07) is 10.6. The maximum Gasteiger partial charge on any atom is 0.126 e. The zero-order chi connectivity index (χ0) is 13.0. The lowest BCUT2D eigenvalue weighted by molar-refractivity contribution is 0.627. The Kier molecular flexibility index (Phi) is 3.92. The van der Waals surface area contributed by atoms with Crippen LogP contribution in [-0.4, -0.2) is 4.98 Å². The number of rotatable bonds is 4. The van der Waals surface area contributed by atoms with Gasteiger partial charge in [-0.3, -0.25) is 0 Å². The van der Waals surface area contributed by atoms with Crippen molar-refractivity contribution in [2.75, 3.05) is 5.32 Å². The lowest BCUT2D eigenvalue weighted by atomic mass is 10.1. The van der Waals surface area contributed by atoms with E-state index in [0.29, 0.717) is 12.5 Å². The SMILES string of the molecule is CC(C)c1ccnc(NCc2ccc(F)cc2)c1. The molecular formula is C15H17FN2. The molecule has 3 heteroatoms. The second-order valence-corrected chi connectivity index (χ2v) is 4.61. The van der Waals surface area contributed by atoms with Crippen molar-refractivity contribution >= 4 is 5.82 Å². The van der Waals surface area contributed by atoms with Crippen molar-refractivity contribution in [3.63, 3.8) is 0 Å². The van der Waals surface area contributed by atoms with E-state index < -0.39 is 0 Å². The molecule has 1 aromatic carbocycles. The van der Waals surface area contributed by atoms with Crippen LogP contribution in [0.5, 0.6) is 0 Å². The number of anilines is 1. The molecule has 0 radical (unpaired) electrons. The summed E-state index contributed by atoms with van der Waals surface area (Å²) < 4.78 is 12.8. The van der Waals surface area contributed by atoms with Gasteiger partial charge < -0.3 is 5.32 Å². The van der Waals surface area contributed by atoms with Gasteiger partial charge in [0.05, 0.1) is 0 Å². The Morgan fingerprint density at radius 1 is 1.17 bits per heavy atom. The molecular weight excluding hydrogens is 227 g/mol. The summed E-state index contributed by atoms with van der Waals surface area (Å²) >= 11 is 0. The van der Waals surface area contributed by atoms with Gasteiger partial charge in [0.25, 0.3) is 0 Å². The normalized spacial score (nSPS) is 10.7. The minimum absolute atomic E-state index is 0.210. The molecule has 0 unspecified atom stereocenters. The van der Waals surface area contributed by atoms with Crippen molar-refractivity contribution in [2.24, 2.45) is 0 Å². The van der Waals surface area contributed by atoms with Crippen LogP contribution in [0, 0.1) is 5.82 Å². The molecule has 0 atom stereocenters. The number of hydrogen-bond donors (Lipinski definition) is 1. The molecule has 0 saturated heterocycles. The van der Waals surface area contributed by atoms with Crippen LogP contribution in [0.25, 0.3) is 0 Å². The molecule has 2 rings (SSSR count). The molecule has 2 aromatic rings. The molecule has 0 bridgehead atoms. The lowest BCUT2D eigenvalue weighted by Gasteiger charge is -2.09. The molecule has 0 aliphatic carbocycles. The molecule has 18 heavy (non-hydrogen) atoms. The largest absolute Gasteiger partial charge is 0.366 e. The molecule has 1 N–H and O–H groups in total. The van der Waals surface area contributed by atoms with E-state index in [2.05, 4.69) is 24.1 Å². The van der Waals surface area contributed by atoms with Gasteiger partial charge in [0.2, 0.25) is 0 Å². The van der Waals surface area contributed by atoms with Crippen LogP contribution >= 0.6 is 0 Å². The number of benzene rings is 1. The lowest BCUT2D eigenvalue weighted by Crippen LogP contribution is -2.02. The van der Waals surface area contributed by atoms with Crippen molar-refractivity contribution < 1.29 is 4.39 Å². The third kappa shape index (κ3) is 3.29. The van der Waals surface area contributed by atoms with Crippen LogP contribution in [0.15, 0.2) is 42.6 Å². The second-order valence-electron chi connectivity index (χ2n) is 4.61. The summed E-state index contributed by atoms with van der Waals surface area (Å²) in [6.07, 6.45) is 1.81. The highest BCUT2D eigenvalue weighted by molar-refractivity contribution is 5.39. The van der Waals surface area contributed by atoms with Crippen LogP contribution in [0.3, 0.4) is 0 Å². The average molecular weight is 244 g/mol. The summed E-state index contributed by atoms with van der Waals surface area (Å²) in [7, 11) is 0. The predicted molar refractivity (Wildman–Crippen MR) is 72.1 cm³/mol. The summed E-state index contributed by atoms with van der Waals surface area (Å²) in [4.78, 5) is 4.27. The van der Waals surface area contributed by atoms with Gasteiger partial charge in [0.1, 0.15) is 11.6 Å². The Bertz CT molecular complexity index is 506. The first-order valence-corrected chi connectivity index (χ1v) is 6.09. The summed E-state index contributed by atoms with van der Waals surface area (Å²) in [6.45, 7) is 4.95. The summed E-state index contributed by atoms with van der Waals surface area (Å²) in [5.74, 6) is 1.13. The van der Waals surface area contributed by atoms with Crippen molar-refractivity contribution in [1.82, 2.24) is 4.98 Å². The number of pyridine rings is 1. The minimum atomic E-state index is -0.210.